The quantitative estimate of drug-likeness (QED) is 0.735. The van der Waals surface area contributed by atoms with Crippen molar-refractivity contribution in [1.29, 1.82) is 0 Å². The summed E-state index contributed by atoms with van der Waals surface area (Å²) in [6.07, 6.45) is 4.43. The molecule has 0 radical (unpaired) electrons. The molecule has 1 atom stereocenters. The predicted octanol–water partition coefficient (Wildman–Crippen LogP) is 2.58. The van der Waals surface area contributed by atoms with E-state index in [4.69, 9.17) is 9.47 Å². The molecule has 0 bridgehead atoms. The third-order valence-corrected chi connectivity index (χ3v) is 5.76. The number of halogens is 1. The molecule has 4 rings (SSSR count). The van der Waals surface area contributed by atoms with E-state index in [9.17, 15) is 4.39 Å². The van der Waals surface area contributed by atoms with Crippen LogP contribution in [0.3, 0.4) is 0 Å². The molecule has 134 valence electrons. The summed E-state index contributed by atoms with van der Waals surface area (Å²) >= 11 is 1.65. The van der Waals surface area contributed by atoms with E-state index in [1.807, 2.05) is 17.2 Å². The van der Waals surface area contributed by atoms with Gasteiger partial charge in [-0.3, -0.25) is 0 Å². The normalized spacial score (nSPS) is 21.7. The molecule has 0 N–H and O–H groups in total. The van der Waals surface area contributed by atoms with Gasteiger partial charge in [-0.2, -0.15) is 0 Å². The van der Waals surface area contributed by atoms with E-state index in [0.717, 1.165) is 43.2 Å². The van der Waals surface area contributed by atoms with Gasteiger partial charge in [0.15, 0.2) is 5.82 Å². The highest BCUT2D eigenvalue weighted by molar-refractivity contribution is 7.09. The third-order valence-electron chi connectivity index (χ3n) is 4.93. The van der Waals surface area contributed by atoms with Gasteiger partial charge in [0, 0.05) is 18.6 Å². The lowest BCUT2D eigenvalue weighted by Gasteiger charge is -2.50. The van der Waals surface area contributed by atoms with E-state index in [0.29, 0.717) is 25.1 Å². The summed E-state index contributed by atoms with van der Waals surface area (Å²) in [6.45, 7) is 5.58. The Kier molecular flexibility index (Phi) is 4.66. The van der Waals surface area contributed by atoms with Gasteiger partial charge < -0.3 is 14.4 Å². The van der Waals surface area contributed by atoms with E-state index in [1.165, 1.54) is 12.4 Å². The molecule has 0 unspecified atom stereocenters. The molecule has 0 aromatic carbocycles. The Balaban J connectivity index is 1.26. The Hall–Kier alpha value is -1.64. The van der Waals surface area contributed by atoms with Crippen molar-refractivity contribution < 1.29 is 13.9 Å². The second kappa shape index (κ2) is 6.93. The number of anilines is 1. The molecule has 2 aliphatic rings. The minimum Gasteiger partial charge on any atom is -0.375 e. The lowest BCUT2D eigenvalue weighted by molar-refractivity contribution is -0.0516. The van der Waals surface area contributed by atoms with E-state index in [-0.39, 0.29) is 5.60 Å². The Bertz CT molecular complexity index is 718. The number of ether oxygens (including phenoxy) is 2. The molecule has 25 heavy (non-hydrogen) atoms. The van der Waals surface area contributed by atoms with Gasteiger partial charge in [-0.1, -0.05) is 0 Å². The molecule has 1 spiro atoms. The number of rotatable bonds is 6. The van der Waals surface area contributed by atoms with Crippen LogP contribution in [-0.4, -0.2) is 46.9 Å². The molecule has 6 nitrogen and oxygen atoms in total. The van der Waals surface area contributed by atoms with Crippen LogP contribution >= 0.6 is 11.3 Å². The summed E-state index contributed by atoms with van der Waals surface area (Å²) in [4.78, 5) is 14.5. The second-order valence-corrected chi connectivity index (χ2v) is 7.72. The molecular weight excluding hydrogens is 343 g/mol. The number of aryl methyl sites for hydroxylation is 1. The summed E-state index contributed by atoms with van der Waals surface area (Å²) in [5, 5.41) is 3.11. The monoisotopic (exact) mass is 364 g/mol. The number of thiazole rings is 1. The van der Waals surface area contributed by atoms with E-state index in [1.54, 1.807) is 11.3 Å². The zero-order valence-corrected chi connectivity index (χ0v) is 15.0. The Labute approximate surface area is 150 Å². The van der Waals surface area contributed by atoms with Gasteiger partial charge in [0.1, 0.15) is 5.60 Å². The highest BCUT2D eigenvalue weighted by Crippen LogP contribution is 2.42. The zero-order chi connectivity index (χ0) is 17.3. The maximum atomic E-state index is 12.9. The highest BCUT2D eigenvalue weighted by atomic mass is 32.1. The maximum absolute atomic E-state index is 12.9. The van der Waals surface area contributed by atoms with Gasteiger partial charge in [-0.05, 0) is 25.7 Å². The lowest BCUT2D eigenvalue weighted by Crippen LogP contribution is -2.65. The fourth-order valence-corrected chi connectivity index (χ4v) is 4.23. The average Bonchev–Trinajstić information content (AvgIpc) is 3.17. The van der Waals surface area contributed by atoms with Crippen molar-refractivity contribution in [2.75, 3.05) is 31.2 Å². The molecule has 2 aliphatic heterocycles. The molecule has 0 saturated carbocycles. The van der Waals surface area contributed by atoms with Crippen molar-refractivity contribution in [3.63, 3.8) is 0 Å². The SMILES string of the molecule is Cc1nc(COCC[C@H]2CCOC23CN(c2ncc(F)cn2)C3)cs1. The lowest BCUT2D eigenvalue weighted by atomic mass is 9.79. The molecule has 2 fully saturated rings. The first-order valence-electron chi connectivity index (χ1n) is 8.50. The topological polar surface area (TPSA) is 60.4 Å². The van der Waals surface area contributed by atoms with Crippen LogP contribution in [-0.2, 0) is 16.1 Å². The van der Waals surface area contributed by atoms with Gasteiger partial charge in [-0.15, -0.1) is 11.3 Å². The molecule has 2 saturated heterocycles. The van der Waals surface area contributed by atoms with Gasteiger partial charge in [0.2, 0.25) is 5.95 Å². The highest BCUT2D eigenvalue weighted by Gasteiger charge is 2.53. The summed E-state index contributed by atoms with van der Waals surface area (Å²) in [5.41, 5.74) is 0.876. The van der Waals surface area contributed by atoms with Crippen LogP contribution < -0.4 is 4.90 Å². The summed E-state index contributed by atoms with van der Waals surface area (Å²) in [5.74, 6) is 0.624. The van der Waals surface area contributed by atoms with Crippen molar-refractivity contribution >= 4 is 17.3 Å². The van der Waals surface area contributed by atoms with Crippen molar-refractivity contribution in [3.05, 3.63) is 34.3 Å². The fraction of sp³-hybridized carbons (Fsp3) is 0.588. The van der Waals surface area contributed by atoms with Crippen LogP contribution in [0.25, 0.3) is 0 Å². The number of nitrogens with zero attached hydrogens (tertiary/aromatic N) is 4. The van der Waals surface area contributed by atoms with Gasteiger partial charge >= 0.3 is 0 Å². The van der Waals surface area contributed by atoms with E-state index in [2.05, 4.69) is 15.0 Å². The standard InChI is InChI=1S/C17H21FN4O2S/c1-12-21-15(9-25-12)8-23-4-2-13-3-5-24-17(13)10-22(11-17)16-19-6-14(18)7-20-16/h6-7,9,13H,2-5,8,10-11H2,1H3/t13-/m0/s1. The van der Waals surface area contributed by atoms with Crippen molar-refractivity contribution in [2.45, 2.75) is 32.0 Å². The maximum Gasteiger partial charge on any atom is 0.225 e. The Morgan fingerprint density at radius 3 is 2.92 bits per heavy atom. The summed E-state index contributed by atoms with van der Waals surface area (Å²) in [6, 6.07) is 0. The zero-order valence-electron chi connectivity index (χ0n) is 14.2. The average molecular weight is 364 g/mol. The van der Waals surface area contributed by atoms with Crippen LogP contribution in [0.2, 0.25) is 0 Å². The van der Waals surface area contributed by atoms with Gasteiger partial charge in [0.25, 0.3) is 0 Å². The number of hydrogen-bond donors (Lipinski definition) is 0. The molecule has 0 aliphatic carbocycles. The summed E-state index contributed by atoms with van der Waals surface area (Å²) in [7, 11) is 0. The van der Waals surface area contributed by atoms with Crippen LogP contribution in [0.15, 0.2) is 17.8 Å². The van der Waals surface area contributed by atoms with Crippen molar-refractivity contribution in [3.8, 4) is 0 Å². The van der Waals surface area contributed by atoms with Crippen LogP contribution in [0.4, 0.5) is 10.3 Å². The van der Waals surface area contributed by atoms with Crippen molar-refractivity contribution in [1.82, 2.24) is 15.0 Å². The molecule has 8 heteroatoms. The van der Waals surface area contributed by atoms with Crippen molar-refractivity contribution in [2.24, 2.45) is 5.92 Å². The molecule has 0 amide bonds. The van der Waals surface area contributed by atoms with E-state index < -0.39 is 5.82 Å². The first-order valence-corrected chi connectivity index (χ1v) is 9.38. The summed E-state index contributed by atoms with van der Waals surface area (Å²) < 4.78 is 24.8. The van der Waals surface area contributed by atoms with Gasteiger partial charge in [-0.25, -0.2) is 19.3 Å². The van der Waals surface area contributed by atoms with Gasteiger partial charge in [0.05, 0.1) is 42.8 Å². The Morgan fingerprint density at radius 2 is 2.20 bits per heavy atom. The van der Waals surface area contributed by atoms with Crippen LogP contribution in [0, 0.1) is 18.7 Å². The number of aromatic nitrogens is 3. The molecule has 4 heterocycles. The fourth-order valence-electron chi connectivity index (χ4n) is 3.63. The number of hydrogen-bond acceptors (Lipinski definition) is 7. The Morgan fingerprint density at radius 1 is 1.40 bits per heavy atom. The second-order valence-electron chi connectivity index (χ2n) is 6.66. The predicted molar refractivity (Wildman–Crippen MR) is 92.1 cm³/mol. The molecule has 2 aromatic heterocycles. The minimum absolute atomic E-state index is 0.127. The molecule has 2 aromatic rings. The smallest absolute Gasteiger partial charge is 0.225 e. The minimum atomic E-state index is -0.415. The first-order chi connectivity index (χ1) is 12.1. The van der Waals surface area contributed by atoms with E-state index >= 15 is 0 Å². The molecular formula is C17H21FN4O2S. The first kappa shape index (κ1) is 16.8. The van der Waals surface area contributed by atoms with Crippen LogP contribution in [0.5, 0.6) is 0 Å². The van der Waals surface area contributed by atoms with Crippen LogP contribution in [0.1, 0.15) is 23.5 Å². The largest absolute Gasteiger partial charge is 0.375 e. The third kappa shape index (κ3) is 3.51.